The van der Waals surface area contributed by atoms with Crippen LogP contribution in [-0.4, -0.2) is 0 Å². The highest BCUT2D eigenvalue weighted by atomic mass is 14.4. The first-order valence-corrected chi connectivity index (χ1v) is 5.07. The summed E-state index contributed by atoms with van der Waals surface area (Å²) < 4.78 is 0. The molecular formula is C13H18. The lowest BCUT2D eigenvalue weighted by Gasteiger charge is -2.38. The van der Waals surface area contributed by atoms with Crippen molar-refractivity contribution in [3.8, 4) is 0 Å². The van der Waals surface area contributed by atoms with Gasteiger partial charge in [-0.1, -0.05) is 33.9 Å². The highest BCUT2D eigenvalue weighted by molar-refractivity contribution is 5.50. The number of hydrogen-bond donors (Lipinski definition) is 0. The second-order valence-electron chi connectivity index (χ2n) is 4.55. The predicted octanol–water partition coefficient (Wildman–Crippen LogP) is 3.87. The molecule has 70 valence electrons. The minimum Gasteiger partial charge on any atom is -0.0735 e. The van der Waals surface area contributed by atoms with E-state index in [0.717, 1.165) is 0 Å². The van der Waals surface area contributed by atoms with Crippen molar-refractivity contribution in [1.82, 2.24) is 0 Å². The maximum absolute atomic E-state index is 2.44. The van der Waals surface area contributed by atoms with Gasteiger partial charge < -0.3 is 0 Å². The van der Waals surface area contributed by atoms with Crippen LogP contribution in [0.1, 0.15) is 34.6 Å². The molecule has 13 heavy (non-hydrogen) atoms. The predicted molar refractivity (Wildman–Crippen MR) is 57.5 cm³/mol. The zero-order valence-electron chi connectivity index (χ0n) is 9.23. The van der Waals surface area contributed by atoms with Crippen LogP contribution in [0.15, 0.2) is 33.9 Å². The van der Waals surface area contributed by atoms with Crippen molar-refractivity contribution in [2.45, 2.75) is 34.6 Å². The Hall–Kier alpha value is -0.780. The van der Waals surface area contributed by atoms with Gasteiger partial charge in [0.05, 0.1) is 0 Å². The number of hydrogen-bond acceptors (Lipinski definition) is 0. The lowest BCUT2D eigenvalue weighted by atomic mass is 9.66. The fourth-order valence-corrected chi connectivity index (χ4v) is 2.89. The van der Waals surface area contributed by atoms with Crippen LogP contribution in [0.3, 0.4) is 0 Å². The van der Waals surface area contributed by atoms with Crippen LogP contribution in [0.25, 0.3) is 0 Å². The van der Waals surface area contributed by atoms with Crippen molar-refractivity contribution in [2.75, 3.05) is 0 Å². The Morgan fingerprint density at radius 2 is 1.23 bits per heavy atom. The van der Waals surface area contributed by atoms with Crippen molar-refractivity contribution >= 4 is 0 Å². The third-order valence-electron chi connectivity index (χ3n) is 3.93. The highest BCUT2D eigenvalue weighted by Crippen LogP contribution is 2.46. The molecule has 0 N–H and O–H groups in total. The van der Waals surface area contributed by atoms with E-state index >= 15 is 0 Å². The van der Waals surface area contributed by atoms with Gasteiger partial charge in [-0.3, -0.25) is 0 Å². The van der Waals surface area contributed by atoms with Crippen LogP contribution in [0.5, 0.6) is 0 Å². The summed E-state index contributed by atoms with van der Waals surface area (Å²) in [4.78, 5) is 0. The molecule has 3 rings (SSSR count). The molecule has 0 saturated heterocycles. The topological polar surface area (TPSA) is 0 Å². The molecule has 3 aliphatic carbocycles. The van der Waals surface area contributed by atoms with Gasteiger partial charge in [0.2, 0.25) is 0 Å². The molecule has 0 aromatic heterocycles. The van der Waals surface area contributed by atoms with E-state index < -0.39 is 0 Å². The summed E-state index contributed by atoms with van der Waals surface area (Å²) in [5.74, 6) is 1.25. The normalized spacial score (nSPS) is 32.8. The van der Waals surface area contributed by atoms with Crippen LogP contribution in [-0.2, 0) is 0 Å². The average molecular weight is 174 g/mol. The Morgan fingerprint density at radius 1 is 0.769 bits per heavy atom. The molecule has 0 unspecified atom stereocenters. The van der Waals surface area contributed by atoms with Crippen molar-refractivity contribution in [2.24, 2.45) is 11.8 Å². The first-order valence-electron chi connectivity index (χ1n) is 5.07. The number of allylic oxidation sites excluding steroid dienone is 6. The average Bonchev–Trinajstić information content (AvgIpc) is 2.07. The molecule has 0 spiro atoms. The zero-order chi connectivity index (χ0) is 9.75. The minimum atomic E-state index is 0.616. The van der Waals surface area contributed by atoms with E-state index in [-0.39, 0.29) is 0 Å². The maximum Gasteiger partial charge on any atom is 0.0214 e. The van der Waals surface area contributed by atoms with Gasteiger partial charge in [-0.15, -0.1) is 0 Å². The summed E-state index contributed by atoms with van der Waals surface area (Å²) >= 11 is 0. The third kappa shape index (κ3) is 0.979. The molecule has 0 amide bonds. The van der Waals surface area contributed by atoms with Gasteiger partial charge in [-0.2, -0.15) is 0 Å². The molecule has 0 aliphatic heterocycles. The Morgan fingerprint density at radius 3 is 1.62 bits per heavy atom. The lowest BCUT2D eigenvalue weighted by Crippen LogP contribution is -2.25. The Balaban J connectivity index is 2.57. The smallest absolute Gasteiger partial charge is 0.0214 e. The lowest BCUT2D eigenvalue weighted by molar-refractivity contribution is 0.654. The van der Waals surface area contributed by atoms with Crippen LogP contribution in [0.4, 0.5) is 0 Å². The van der Waals surface area contributed by atoms with Gasteiger partial charge in [-0.25, -0.2) is 0 Å². The Bertz CT molecular complexity index is 324. The molecule has 3 aliphatic rings. The van der Waals surface area contributed by atoms with E-state index in [2.05, 4.69) is 40.7 Å². The van der Waals surface area contributed by atoms with Gasteiger partial charge >= 0.3 is 0 Å². The van der Waals surface area contributed by atoms with E-state index in [1.54, 1.807) is 27.9 Å². The second-order valence-corrected chi connectivity index (χ2v) is 4.55. The Kier molecular flexibility index (Phi) is 1.76. The summed E-state index contributed by atoms with van der Waals surface area (Å²) in [5.41, 5.74) is 7.90. The fourth-order valence-electron chi connectivity index (χ4n) is 2.89. The van der Waals surface area contributed by atoms with Crippen LogP contribution in [0.2, 0.25) is 0 Å². The van der Waals surface area contributed by atoms with Gasteiger partial charge in [0.15, 0.2) is 0 Å². The summed E-state index contributed by atoms with van der Waals surface area (Å²) in [5, 5.41) is 0. The molecule has 0 aromatic rings. The Labute approximate surface area is 81.0 Å². The third-order valence-corrected chi connectivity index (χ3v) is 3.93. The molecule has 0 atom stereocenters. The molecule has 2 bridgehead atoms. The molecule has 0 aromatic carbocycles. The van der Waals surface area contributed by atoms with Crippen LogP contribution >= 0.6 is 0 Å². The van der Waals surface area contributed by atoms with E-state index in [4.69, 9.17) is 0 Å². The van der Waals surface area contributed by atoms with Crippen LogP contribution < -0.4 is 0 Å². The van der Waals surface area contributed by atoms with Gasteiger partial charge in [0, 0.05) is 11.8 Å². The first kappa shape index (κ1) is 8.80. The van der Waals surface area contributed by atoms with E-state index in [1.165, 1.54) is 0 Å². The largest absolute Gasteiger partial charge is 0.0735 e. The monoisotopic (exact) mass is 174 g/mol. The molecule has 0 fully saturated rings. The van der Waals surface area contributed by atoms with Crippen molar-refractivity contribution < 1.29 is 0 Å². The molecule has 0 heterocycles. The van der Waals surface area contributed by atoms with Crippen molar-refractivity contribution in [1.29, 1.82) is 0 Å². The standard InChI is InChI=1S/C13H18/c1-7-6-12-8(2)10(4)13(7)11(5)9(12)3/h6,12-13H,1-5H3. The summed E-state index contributed by atoms with van der Waals surface area (Å²) in [6, 6.07) is 0. The summed E-state index contributed by atoms with van der Waals surface area (Å²) in [6.07, 6.45) is 2.44. The van der Waals surface area contributed by atoms with E-state index in [1.807, 2.05) is 0 Å². The maximum atomic E-state index is 2.44. The van der Waals surface area contributed by atoms with Gasteiger partial charge in [-0.05, 0) is 34.6 Å². The molecule has 0 nitrogen and oxygen atoms in total. The SMILES string of the molecule is CC1=CC2C(C)=C(C)C1C(C)=C2C. The second kappa shape index (κ2) is 2.60. The molecule has 0 radical (unpaired) electrons. The quantitative estimate of drug-likeness (QED) is 0.489. The molecule has 0 heteroatoms. The van der Waals surface area contributed by atoms with E-state index in [0.29, 0.717) is 11.8 Å². The summed E-state index contributed by atoms with van der Waals surface area (Å²) in [6.45, 7) is 11.4. The zero-order valence-corrected chi connectivity index (χ0v) is 9.23. The first-order chi connectivity index (χ1) is 6.04. The highest BCUT2D eigenvalue weighted by Gasteiger charge is 2.32. The molecule has 0 saturated carbocycles. The fraction of sp³-hybridized carbons (Fsp3) is 0.538. The minimum absolute atomic E-state index is 0.616. The van der Waals surface area contributed by atoms with E-state index in [9.17, 15) is 0 Å². The van der Waals surface area contributed by atoms with Gasteiger partial charge in [0.25, 0.3) is 0 Å². The summed E-state index contributed by atoms with van der Waals surface area (Å²) in [7, 11) is 0. The van der Waals surface area contributed by atoms with Crippen LogP contribution in [0, 0.1) is 11.8 Å². The molecular weight excluding hydrogens is 156 g/mol. The van der Waals surface area contributed by atoms with Gasteiger partial charge in [0.1, 0.15) is 0 Å². The number of rotatable bonds is 0. The van der Waals surface area contributed by atoms with Crippen molar-refractivity contribution in [3.63, 3.8) is 0 Å². The van der Waals surface area contributed by atoms with Crippen molar-refractivity contribution in [3.05, 3.63) is 33.9 Å².